The number of rotatable bonds is 6. The zero-order valence-electron chi connectivity index (χ0n) is 18.7. The molecule has 0 spiro atoms. The number of amides is 2. The minimum atomic E-state index is -0.557. The van der Waals surface area contributed by atoms with Crippen molar-refractivity contribution in [1.82, 2.24) is 5.32 Å². The number of nitrogens with one attached hydrogen (secondary N) is 3. The molecular weight excluding hydrogens is 486 g/mol. The molecule has 0 aliphatic carbocycles. The average molecular weight is 510 g/mol. The van der Waals surface area contributed by atoms with Gasteiger partial charge >= 0.3 is 0 Å². The molecule has 11 heteroatoms. The molecule has 2 amide bonds. The summed E-state index contributed by atoms with van der Waals surface area (Å²) in [4.78, 5) is 38.8. The van der Waals surface area contributed by atoms with Crippen LogP contribution >= 0.6 is 23.6 Å². The first-order chi connectivity index (χ1) is 16.9. The fourth-order valence-corrected chi connectivity index (χ4v) is 4.66. The lowest BCUT2D eigenvalue weighted by Crippen LogP contribution is -2.34. The van der Waals surface area contributed by atoms with Crippen molar-refractivity contribution >= 4 is 63.2 Å². The molecule has 1 aliphatic heterocycles. The Morgan fingerprint density at radius 3 is 2.37 bits per heavy atom. The third-order valence-electron chi connectivity index (χ3n) is 5.48. The second-order valence-corrected chi connectivity index (χ2v) is 9.28. The topological polar surface area (TPSA) is 117 Å². The number of piperidine rings is 1. The number of anilines is 3. The fourth-order valence-electron chi connectivity index (χ4n) is 3.83. The molecule has 2 aromatic carbocycles. The average Bonchev–Trinajstić information content (AvgIpc) is 3.39. The van der Waals surface area contributed by atoms with Gasteiger partial charge in [-0.3, -0.25) is 25.0 Å². The maximum absolute atomic E-state index is 12.7. The van der Waals surface area contributed by atoms with Gasteiger partial charge in [0.2, 0.25) is 0 Å². The van der Waals surface area contributed by atoms with Crippen molar-refractivity contribution in [2.45, 2.75) is 19.3 Å². The van der Waals surface area contributed by atoms with Gasteiger partial charge in [0.1, 0.15) is 5.69 Å². The predicted molar refractivity (Wildman–Crippen MR) is 142 cm³/mol. The van der Waals surface area contributed by atoms with Crippen LogP contribution in [0, 0.1) is 10.1 Å². The Balaban J connectivity index is 1.40. The number of nitrogens with zero attached hydrogens (tertiary/aromatic N) is 2. The summed E-state index contributed by atoms with van der Waals surface area (Å²) in [7, 11) is 0. The van der Waals surface area contributed by atoms with Gasteiger partial charge in [-0.2, -0.15) is 0 Å². The summed E-state index contributed by atoms with van der Waals surface area (Å²) in [6.45, 7) is 1.51. The molecule has 0 bridgehead atoms. The Hall–Kier alpha value is -3.83. The first kappa shape index (κ1) is 24.3. The lowest BCUT2D eigenvalue weighted by molar-refractivity contribution is -0.384. The summed E-state index contributed by atoms with van der Waals surface area (Å²) in [5, 5.41) is 21.8. The van der Waals surface area contributed by atoms with Crippen LogP contribution in [-0.4, -0.2) is 34.9 Å². The van der Waals surface area contributed by atoms with E-state index in [2.05, 4.69) is 16.0 Å². The van der Waals surface area contributed by atoms with Gasteiger partial charge in [-0.25, -0.2) is 0 Å². The van der Waals surface area contributed by atoms with Gasteiger partial charge in [0.15, 0.2) is 5.11 Å². The Morgan fingerprint density at radius 1 is 0.943 bits per heavy atom. The second-order valence-electron chi connectivity index (χ2n) is 7.93. The number of nitro benzene ring substituents is 1. The normalized spacial score (nSPS) is 13.1. The highest BCUT2D eigenvalue weighted by Crippen LogP contribution is 2.31. The third kappa shape index (κ3) is 6.19. The quantitative estimate of drug-likeness (QED) is 0.243. The van der Waals surface area contributed by atoms with Crippen LogP contribution in [0.5, 0.6) is 0 Å². The summed E-state index contributed by atoms with van der Waals surface area (Å²) in [6.07, 6.45) is 3.08. The van der Waals surface area contributed by atoms with Crippen molar-refractivity contribution < 1.29 is 14.5 Å². The third-order valence-corrected chi connectivity index (χ3v) is 6.55. The van der Waals surface area contributed by atoms with E-state index in [9.17, 15) is 19.7 Å². The number of thiocarbonyl (C=S) groups is 1. The number of thiophene rings is 1. The zero-order chi connectivity index (χ0) is 24.8. The van der Waals surface area contributed by atoms with E-state index < -0.39 is 10.8 Å². The first-order valence-electron chi connectivity index (χ1n) is 11.0. The van der Waals surface area contributed by atoms with Crippen LogP contribution < -0.4 is 20.9 Å². The molecule has 35 heavy (non-hydrogen) atoms. The van der Waals surface area contributed by atoms with E-state index in [1.165, 1.54) is 17.4 Å². The molecule has 0 saturated carbocycles. The van der Waals surface area contributed by atoms with E-state index in [0.717, 1.165) is 32.4 Å². The van der Waals surface area contributed by atoms with E-state index in [0.29, 0.717) is 21.9 Å². The molecule has 1 aromatic heterocycles. The van der Waals surface area contributed by atoms with E-state index in [1.54, 1.807) is 48.5 Å². The van der Waals surface area contributed by atoms with Gasteiger partial charge in [-0.15, -0.1) is 11.3 Å². The lowest BCUT2D eigenvalue weighted by Gasteiger charge is -2.28. The minimum Gasteiger partial charge on any atom is -0.366 e. The van der Waals surface area contributed by atoms with Crippen molar-refractivity contribution in [2.24, 2.45) is 0 Å². The highest BCUT2D eigenvalue weighted by molar-refractivity contribution is 7.80. The van der Waals surface area contributed by atoms with Gasteiger partial charge in [0.05, 0.1) is 9.80 Å². The maximum atomic E-state index is 12.7. The van der Waals surface area contributed by atoms with Crippen molar-refractivity contribution in [2.75, 3.05) is 28.6 Å². The van der Waals surface area contributed by atoms with E-state index >= 15 is 0 Å². The molecule has 0 atom stereocenters. The van der Waals surface area contributed by atoms with Gasteiger partial charge in [-0.05, 0) is 73.3 Å². The molecule has 0 unspecified atom stereocenters. The molecule has 2 heterocycles. The Kier molecular flexibility index (Phi) is 7.68. The standard InChI is InChI=1S/C24H23N5O4S2/c30-22(16-9-10-19(20(14-16)29(32)33)28-11-2-1-3-12-28)27-24(34)26-18-7-4-6-17(15-18)25-23(31)21-8-5-13-35-21/h4-10,13-15H,1-3,11-12H2,(H,25,31)(H2,26,27,30,34). The summed E-state index contributed by atoms with van der Waals surface area (Å²) in [5.74, 6) is -0.777. The van der Waals surface area contributed by atoms with Crippen LogP contribution in [-0.2, 0) is 0 Å². The summed E-state index contributed by atoms with van der Waals surface area (Å²) in [5.41, 5.74) is 1.68. The van der Waals surface area contributed by atoms with Crippen LogP contribution in [0.1, 0.15) is 39.3 Å². The van der Waals surface area contributed by atoms with Crippen LogP contribution in [0.25, 0.3) is 0 Å². The Labute approximate surface area is 211 Å². The molecule has 3 N–H and O–H groups in total. The molecule has 3 aromatic rings. The fraction of sp³-hybridized carbons (Fsp3) is 0.208. The lowest BCUT2D eigenvalue weighted by atomic mass is 10.1. The molecular formula is C24H23N5O4S2. The van der Waals surface area contributed by atoms with E-state index in [-0.39, 0.29) is 22.3 Å². The maximum Gasteiger partial charge on any atom is 0.293 e. The van der Waals surface area contributed by atoms with Crippen LogP contribution in [0.3, 0.4) is 0 Å². The minimum absolute atomic E-state index is 0.0273. The van der Waals surface area contributed by atoms with Gasteiger partial charge < -0.3 is 15.5 Å². The zero-order valence-corrected chi connectivity index (χ0v) is 20.3. The number of hydrogen-bond donors (Lipinski definition) is 3. The number of carbonyl (C=O) groups excluding carboxylic acids is 2. The summed E-state index contributed by atoms with van der Waals surface area (Å²) in [6, 6.07) is 14.9. The van der Waals surface area contributed by atoms with Crippen molar-refractivity contribution in [3.8, 4) is 0 Å². The highest BCUT2D eigenvalue weighted by atomic mass is 32.1. The molecule has 180 valence electrons. The molecule has 0 radical (unpaired) electrons. The van der Waals surface area contributed by atoms with E-state index in [1.807, 2.05) is 10.3 Å². The number of carbonyl (C=O) groups is 2. The molecule has 1 aliphatic rings. The molecule has 1 saturated heterocycles. The van der Waals surface area contributed by atoms with Crippen molar-refractivity contribution in [3.05, 3.63) is 80.5 Å². The van der Waals surface area contributed by atoms with Crippen LogP contribution in [0.4, 0.5) is 22.7 Å². The van der Waals surface area contributed by atoms with E-state index in [4.69, 9.17) is 12.2 Å². The first-order valence-corrected chi connectivity index (χ1v) is 12.3. The Morgan fingerprint density at radius 2 is 1.69 bits per heavy atom. The van der Waals surface area contributed by atoms with Crippen LogP contribution in [0.15, 0.2) is 60.0 Å². The smallest absolute Gasteiger partial charge is 0.293 e. The van der Waals surface area contributed by atoms with Gasteiger partial charge in [0.25, 0.3) is 17.5 Å². The van der Waals surface area contributed by atoms with Crippen LogP contribution in [0.2, 0.25) is 0 Å². The largest absolute Gasteiger partial charge is 0.366 e. The molecule has 4 rings (SSSR count). The summed E-state index contributed by atoms with van der Waals surface area (Å²) < 4.78 is 0. The molecule has 1 fully saturated rings. The SMILES string of the molecule is O=C(NC(=S)Nc1cccc(NC(=O)c2cccs2)c1)c1ccc(N2CCCCC2)c([N+](=O)[O-])c1. The number of benzene rings is 2. The number of nitro groups is 1. The van der Waals surface area contributed by atoms with Crippen molar-refractivity contribution in [1.29, 1.82) is 0 Å². The Bertz CT molecular complexity index is 1260. The van der Waals surface area contributed by atoms with Crippen molar-refractivity contribution in [3.63, 3.8) is 0 Å². The number of hydrogen-bond acceptors (Lipinski definition) is 7. The predicted octanol–water partition coefficient (Wildman–Crippen LogP) is 5.03. The summed E-state index contributed by atoms with van der Waals surface area (Å²) >= 11 is 6.59. The molecule has 9 nitrogen and oxygen atoms in total. The highest BCUT2D eigenvalue weighted by Gasteiger charge is 2.23. The second kappa shape index (κ2) is 11.1. The van der Waals surface area contributed by atoms with Gasteiger partial charge in [-0.1, -0.05) is 12.1 Å². The van der Waals surface area contributed by atoms with Gasteiger partial charge in [0, 0.05) is 36.1 Å². The monoisotopic (exact) mass is 509 g/mol.